The van der Waals surface area contributed by atoms with Crippen molar-refractivity contribution in [1.82, 2.24) is 4.98 Å². The summed E-state index contributed by atoms with van der Waals surface area (Å²) in [4.78, 5) is 5.69. The Morgan fingerprint density at radius 2 is 1.90 bits per heavy atom. The van der Waals surface area contributed by atoms with Crippen molar-refractivity contribution in [1.29, 1.82) is 0 Å². The van der Waals surface area contributed by atoms with Gasteiger partial charge in [0.15, 0.2) is 0 Å². The van der Waals surface area contributed by atoms with E-state index in [2.05, 4.69) is 23.2 Å². The zero-order valence-electron chi connectivity index (χ0n) is 11.5. The first-order chi connectivity index (χ1) is 10.3. The fraction of sp³-hybridized carbons (Fsp3) is 0.118. The van der Waals surface area contributed by atoms with Crippen LogP contribution in [-0.2, 0) is 5.75 Å². The number of ether oxygens (including phenoxy) is 1. The first-order valence-corrected chi connectivity index (χ1v) is 7.93. The molecule has 3 rings (SSSR count). The standard InChI is InChI=1S/C17H14ClNOS/c1-20-14-8-7-12-9-13(17(18)19-16(12)10-14)11-21-15-5-3-2-4-6-15/h2-10H,11H2,1H3. The lowest BCUT2D eigenvalue weighted by atomic mass is 10.1. The third kappa shape index (κ3) is 3.31. The summed E-state index contributed by atoms with van der Waals surface area (Å²) in [6.45, 7) is 0. The van der Waals surface area contributed by atoms with Crippen LogP contribution in [0.15, 0.2) is 59.5 Å². The molecule has 0 radical (unpaired) electrons. The molecule has 0 spiro atoms. The van der Waals surface area contributed by atoms with Gasteiger partial charge in [-0.2, -0.15) is 0 Å². The molecular formula is C17H14ClNOS. The third-order valence-corrected chi connectivity index (χ3v) is 4.58. The van der Waals surface area contributed by atoms with Crippen molar-refractivity contribution in [2.45, 2.75) is 10.6 Å². The van der Waals surface area contributed by atoms with Gasteiger partial charge in [0.25, 0.3) is 0 Å². The van der Waals surface area contributed by atoms with E-state index in [1.165, 1.54) is 4.90 Å². The van der Waals surface area contributed by atoms with E-state index in [0.717, 1.165) is 28.0 Å². The lowest BCUT2D eigenvalue weighted by Crippen LogP contribution is -1.90. The molecule has 0 N–H and O–H groups in total. The fourth-order valence-corrected chi connectivity index (χ4v) is 3.26. The van der Waals surface area contributed by atoms with Crippen molar-refractivity contribution in [2.24, 2.45) is 0 Å². The highest BCUT2D eigenvalue weighted by Crippen LogP contribution is 2.29. The SMILES string of the molecule is COc1ccc2cc(CSc3ccccc3)c(Cl)nc2c1. The van der Waals surface area contributed by atoms with Crippen molar-refractivity contribution >= 4 is 34.3 Å². The first kappa shape index (κ1) is 14.2. The molecule has 0 fully saturated rings. The molecule has 0 amide bonds. The van der Waals surface area contributed by atoms with Crippen LogP contribution in [0.1, 0.15) is 5.56 Å². The summed E-state index contributed by atoms with van der Waals surface area (Å²) in [6, 6.07) is 18.2. The van der Waals surface area contributed by atoms with Crippen molar-refractivity contribution in [2.75, 3.05) is 7.11 Å². The van der Waals surface area contributed by atoms with Gasteiger partial charge in [0.1, 0.15) is 10.9 Å². The molecule has 0 atom stereocenters. The number of halogens is 1. The molecule has 1 heterocycles. The lowest BCUT2D eigenvalue weighted by Gasteiger charge is -2.07. The number of pyridine rings is 1. The van der Waals surface area contributed by atoms with Gasteiger partial charge in [-0.05, 0) is 30.3 Å². The average Bonchev–Trinajstić information content (AvgIpc) is 2.53. The smallest absolute Gasteiger partial charge is 0.133 e. The molecule has 0 aliphatic carbocycles. The van der Waals surface area contributed by atoms with Crippen molar-refractivity contribution < 1.29 is 4.74 Å². The highest BCUT2D eigenvalue weighted by Gasteiger charge is 2.07. The quantitative estimate of drug-likeness (QED) is 0.488. The van der Waals surface area contributed by atoms with Crippen LogP contribution in [0, 0.1) is 0 Å². The van der Waals surface area contributed by atoms with Crippen LogP contribution in [0.5, 0.6) is 5.75 Å². The van der Waals surface area contributed by atoms with E-state index in [1.54, 1.807) is 18.9 Å². The number of hydrogen-bond acceptors (Lipinski definition) is 3. The molecule has 1 aromatic heterocycles. The molecule has 0 unspecified atom stereocenters. The fourth-order valence-electron chi connectivity index (χ4n) is 2.07. The molecule has 2 nitrogen and oxygen atoms in total. The van der Waals surface area contributed by atoms with Crippen LogP contribution in [-0.4, -0.2) is 12.1 Å². The van der Waals surface area contributed by atoms with E-state index in [1.807, 2.05) is 36.4 Å². The summed E-state index contributed by atoms with van der Waals surface area (Å²) in [5.41, 5.74) is 1.90. The van der Waals surface area contributed by atoms with Gasteiger partial charge < -0.3 is 4.74 Å². The first-order valence-electron chi connectivity index (χ1n) is 6.57. The normalized spacial score (nSPS) is 10.8. The van der Waals surface area contributed by atoms with Crippen LogP contribution < -0.4 is 4.74 Å². The highest BCUT2D eigenvalue weighted by atomic mass is 35.5. The molecule has 3 aromatic rings. The molecule has 0 saturated heterocycles. The van der Waals surface area contributed by atoms with Crippen LogP contribution >= 0.6 is 23.4 Å². The highest BCUT2D eigenvalue weighted by molar-refractivity contribution is 7.98. The summed E-state index contributed by atoms with van der Waals surface area (Å²) in [5, 5.41) is 1.63. The topological polar surface area (TPSA) is 22.1 Å². The average molecular weight is 316 g/mol. The van der Waals surface area contributed by atoms with Gasteiger partial charge >= 0.3 is 0 Å². The molecule has 0 aliphatic rings. The van der Waals surface area contributed by atoms with E-state index in [9.17, 15) is 0 Å². The minimum Gasteiger partial charge on any atom is -0.497 e. The minimum atomic E-state index is 0.555. The Hall–Kier alpha value is -1.71. The zero-order valence-corrected chi connectivity index (χ0v) is 13.1. The van der Waals surface area contributed by atoms with Gasteiger partial charge in [-0.3, -0.25) is 0 Å². The minimum absolute atomic E-state index is 0.555. The molecule has 0 bridgehead atoms. The predicted octanol–water partition coefficient (Wildman–Crippen LogP) is 5.19. The number of hydrogen-bond donors (Lipinski definition) is 0. The number of fused-ring (bicyclic) bond motifs is 1. The Bertz CT molecular complexity index is 761. The second-order valence-corrected chi connectivity index (χ2v) is 6.01. The van der Waals surface area contributed by atoms with E-state index in [0.29, 0.717) is 5.15 Å². The number of rotatable bonds is 4. The maximum absolute atomic E-state index is 6.30. The Morgan fingerprint density at radius 1 is 1.10 bits per heavy atom. The number of methoxy groups -OCH3 is 1. The van der Waals surface area contributed by atoms with Crippen molar-refractivity contribution in [3.63, 3.8) is 0 Å². The third-order valence-electron chi connectivity index (χ3n) is 3.19. The zero-order chi connectivity index (χ0) is 14.7. The Balaban J connectivity index is 1.87. The molecule has 0 aliphatic heterocycles. The summed E-state index contributed by atoms with van der Waals surface area (Å²) in [5.74, 6) is 1.59. The number of aromatic nitrogens is 1. The van der Waals surface area contributed by atoms with Gasteiger partial charge in [0, 0.05) is 27.7 Å². The van der Waals surface area contributed by atoms with E-state index in [-0.39, 0.29) is 0 Å². The molecule has 2 aromatic carbocycles. The monoisotopic (exact) mass is 315 g/mol. The molecule has 0 saturated carbocycles. The molecular weight excluding hydrogens is 302 g/mol. The van der Waals surface area contributed by atoms with Crippen molar-refractivity contribution in [3.8, 4) is 5.75 Å². The van der Waals surface area contributed by atoms with E-state index >= 15 is 0 Å². The van der Waals surface area contributed by atoms with Crippen LogP contribution in [0.25, 0.3) is 10.9 Å². The van der Waals surface area contributed by atoms with Crippen LogP contribution in [0.4, 0.5) is 0 Å². The second-order valence-electron chi connectivity index (χ2n) is 4.60. The van der Waals surface area contributed by atoms with Crippen molar-refractivity contribution in [3.05, 3.63) is 65.3 Å². The van der Waals surface area contributed by atoms with Gasteiger partial charge in [-0.1, -0.05) is 29.8 Å². The number of benzene rings is 2. The Kier molecular flexibility index (Phi) is 4.32. The van der Waals surface area contributed by atoms with Gasteiger partial charge in [0.05, 0.1) is 12.6 Å². The van der Waals surface area contributed by atoms with Crippen LogP contribution in [0.2, 0.25) is 5.15 Å². The Labute approximate surface area is 133 Å². The van der Waals surface area contributed by atoms with Gasteiger partial charge in [-0.15, -0.1) is 11.8 Å². The number of thioether (sulfide) groups is 1. The summed E-state index contributed by atoms with van der Waals surface area (Å²) >= 11 is 8.05. The van der Waals surface area contributed by atoms with E-state index in [4.69, 9.17) is 16.3 Å². The van der Waals surface area contributed by atoms with Gasteiger partial charge in [-0.25, -0.2) is 4.98 Å². The molecule has 21 heavy (non-hydrogen) atoms. The molecule has 106 valence electrons. The maximum atomic E-state index is 6.30. The van der Waals surface area contributed by atoms with Gasteiger partial charge in [0.2, 0.25) is 0 Å². The summed E-state index contributed by atoms with van der Waals surface area (Å²) in [6.07, 6.45) is 0. The number of nitrogens with zero attached hydrogens (tertiary/aromatic N) is 1. The maximum Gasteiger partial charge on any atom is 0.133 e. The summed E-state index contributed by atoms with van der Waals surface area (Å²) < 4.78 is 5.21. The van der Waals surface area contributed by atoms with E-state index < -0.39 is 0 Å². The Morgan fingerprint density at radius 3 is 2.67 bits per heavy atom. The summed E-state index contributed by atoms with van der Waals surface area (Å²) in [7, 11) is 1.65. The van der Waals surface area contributed by atoms with Crippen LogP contribution in [0.3, 0.4) is 0 Å². The molecule has 4 heteroatoms. The predicted molar refractivity (Wildman–Crippen MR) is 89.3 cm³/mol. The lowest BCUT2D eigenvalue weighted by molar-refractivity contribution is 0.415. The largest absolute Gasteiger partial charge is 0.497 e. The second kappa shape index (κ2) is 6.37.